The number of methoxy groups -OCH3 is 1. The molecule has 0 spiro atoms. The van der Waals surface area contributed by atoms with Crippen LogP contribution in [0.2, 0.25) is 0 Å². The number of hydrogen-bond donors (Lipinski definition) is 2. The minimum absolute atomic E-state index is 0.270. The van der Waals surface area contributed by atoms with Gasteiger partial charge < -0.3 is 15.4 Å². The van der Waals surface area contributed by atoms with Crippen molar-refractivity contribution in [2.75, 3.05) is 12.4 Å². The highest BCUT2D eigenvalue weighted by Crippen LogP contribution is 2.13. The molecule has 0 aliphatic heterocycles. The first-order valence-corrected chi connectivity index (χ1v) is 8.92. The van der Waals surface area contributed by atoms with E-state index >= 15 is 0 Å². The molecular weight excluding hydrogens is 366 g/mol. The van der Waals surface area contributed by atoms with Gasteiger partial charge in [-0.05, 0) is 60.2 Å². The molecular formula is C23H19N3O3. The van der Waals surface area contributed by atoms with E-state index in [2.05, 4.69) is 10.6 Å². The minimum atomic E-state index is -0.334. The van der Waals surface area contributed by atoms with Crippen molar-refractivity contribution < 1.29 is 14.3 Å². The number of rotatable bonds is 6. The van der Waals surface area contributed by atoms with E-state index in [1.165, 1.54) is 0 Å². The van der Waals surface area contributed by atoms with Gasteiger partial charge >= 0.3 is 0 Å². The van der Waals surface area contributed by atoms with E-state index in [1.807, 2.05) is 30.3 Å². The third kappa shape index (κ3) is 5.21. The number of amides is 2. The van der Waals surface area contributed by atoms with E-state index < -0.39 is 0 Å². The van der Waals surface area contributed by atoms with Gasteiger partial charge in [-0.2, -0.15) is 5.26 Å². The number of carbonyl (C=O) groups is 2. The van der Waals surface area contributed by atoms with Gasteiger partial charge in [-0.1, -0.05) is 18.2 Å². The van der Waals surface area contributed by atoms with E-state index in [0.29, 0.717) is 28.9 Å². The Balaban J connectivity index is 1.63. The summed E-state index contributed by atoms with van der Waals surface area (Å²) in [5.74, 6) is 0.148. The maximum absolute atomic E-state index is 12.5. The van der Waals surface area contributed by atoms with Crippen molar-refractivity contribution in [3.63, 3.8) is 0 Å². The second-order valence-electron chi connectivity index (χ2n) is 6.25. The molecule has 6 nitrogen and oxygen atoms in total. The molecule has 0 saturated carbocycles. The summed E-state index contributed by atoms with van der Waals surface area (Å²) < 4.78 is 5.11. The van der Waals surface area contributed by atoms with Crippen molar-refractivity contribution in [3.8, 4) is 11.8 Å². The molecule has 0 aliphatic rings. The molecule has 3 aromatic rings. The molecule has 0 saturated heterocycles. The predicted molar refractivity (Wildman–Crippen MR) is 110 cm³/mol. The molecule has 0 radical (unpaired) electrons. The van der Waals surface area contributed by atoms with Crippen molar-refractivity contribution in [3.05, 3.63) is 95.1 Å². The van der Waals surface area contributed by atoms with Crippen LogP contribution in [0, 0.1) is 11.3 Å². The molecule has 2 amide bonds. The van der Waals surface area contributed by atoms with E-state index in [-0.39, 0.29) is 11.8 Å². The zero-order valence-electron chi connectivity index (χ0n) is 15.8. The Kier molecular flexibility index (Phi) is 6.23. The summed E-state index contributed by atoms with van der Waals surface area (Å²) in [6, 6.07) is 22.5. The van der Waals surface area contributed by atoms with Crippen molar-refractivity contribution in [1.29, 1.82) is 5.26 Å². The highest BCUT2D eigenvalue weighted by molar-refractivity contribution is 6.06. The van der Waals surface area contributed by atoms with Crippen LogP contribution in [0.3, 0.4) is 0 Å². The number of hydrogen-bond acceptors (Lipinski definition) is 4. The Morgan fingerprint density at radius 1 is 0.931 bits per heavy atom. The van der Waals surface area contributed by atoms with Gasteiger partial charge in [-0.15, -0.1) is 0 Å². The molecule has 0 unspecified atom stereocenters. The summed E-state index contributed by atoms with van der Waals surface area (Å²) in [5, 5.41) is 14.4. The van der Waals surface area contributed by atoms with Gasteiger partial charge in [-0.25, -0.2) is 0 Å². The van der Waals surface area contributed by atoms with Crippen molar-refractivity contribution in [2.24, 2.45) is 0 Å². The number of anilines is 1. The topological polar surface area (TPSA) is 91.2 Å². The van der Waals surface area contributed by atoms with Crippen molar-refractivity contribution >= 4 is 17.5 Å². The molecule has 0 bridgehead atoms. The molecule has 2 N–H and O–H groups in total. The van der Waals surface area contributed by atoms with E-state index in [0.717, 1.165) is 11.3 Å². The fourth-order valence-corrected chi connectivity index (χ4v) is 2.66. The quantitative estimate of drug-likeness (QED) is 0.676. The third-order valence-corrected chi connectivity index (χ3v) is 4.27. The average Bonchev–Trinajstić information content (AvgIpc) is 2.78. The normalized spacial score (nSPS) is 9.93. The number of benzene rings is 3. The van der Waals surface area contributed by atoms with Crippen LogP contribution >= 0.6 is 0 Å². The highest BCUT2D eigenvalue weighted by atomic mass is 16.5. The fraction of sp³-hybridized carbons (Fsp3) is 0.0870. The van der Waals surface area contributed by atoms with E-state index in [4.69, 9.17) is 10.00 Å². The number of nitriles is 1. The standard InChI is InChI=1S/C23H19N3O3/c1-29-21-11-7-17(8-12-21)15-25-22(27)18-3-2-4-19(13-18)23(28)26-20-9-5-16(14-24)6-10-20/h2-13H,15H2,1H3,(H,25,27)(H,26,28). The molecule has 3 aromatic carbocycles. The highest BCUT2D eigenvalue weighted by Gasteiger charge is 2.11. The summed E-state index contributed by atoms with van der Waals surface area (Å²) in [5.41, 5.74) is 2.79. The molecule has 0 atom stereocenters. The lowest BCUT2D eigenvalue weighted by molar-refractivity contribution is 0.0951. The minimum Gasteiger partial charge on any atom is -0.497 e. The van der Waals surface area contributed by atoms with Gasteiger partial charge in [0.15, 0.2) is 0 Å². The Bertz CT molecular complexity index is 1050. The Morgan fingerprint density at radius 3 is 2.21 bits per heavy atom. The second kappa shape index (κ2) is 9.20. The molecule has 0 fully saturated rings. The molecule has 6 heteroatoms. The summed E-state index contributed by atoms with van der Waals surface area (Å²) >= 11 is 0. The van der Waals surface area contributed by atoms with Gasteiger partial charge in [0.05, 0.1) is 18.7 Å². The lowest BCUT2D eigenvalue weighted by Crippen LogP contribution is -2.23. The van der Waals surface area contributed by atoms with Crippen LogP contribution in [0.25, 0.3) is 0 Å². The first-order chi connectivity index (χ1) is 14.1. The maximum atomic E-state index is 12.5. The molecule has 0 aliphatic carbocycles. The van der Waals surface area contributed by atoms with Crippen molar-refractivity contribution in [2.45, 2.75) is 6.54 Å². The first-order valence-electron chi connectivity index (χ1n) is 8.92. The predicted octanol–water partition coefficient (Wildman–Crippen LogP) is 3.75. The van der Waals surface area contributed by atoms with E-state index in [9.17, 15) is 9.59 Å². The fourth-order valence-electron chi connectivity index (χ4n) is 2.66. The number of nitrogens with one attached hydrogen (secondary N) is 2. The SMILES string of the molecule is COc1ccc(CNC(=O)c2cccc(C(=O)Nc3ccc(C#N)cc3)c2)cc1. The van der Waals surface area contributed by atoms with Crippen LogP contribution in [0.15, 0.2) is 72.8 Å². The summed E-state index contributed by atoms with van der Waals surface area (Å²) in [6.07, 6.45) is 0. The zero-order chi connectivity index (χ0) is 20.6. The molecule has 144 valence electrons. The average molecular weight is 385 g/mol. The second-order valence-corrected chi connectivity index (χ2v) is 6.25. The summed E-state index contributed by atoms with van der Waals surface area (Å²) in [4.78, 5) is 24.9. The van der Waals surface area contributed by atoms with Gasteiger partial charge in [0.2, 0.25) is 0 Å². The van der Waals surface area contributed by atoms with Crippen LogP contribution in [0.5, 0.6) is 5.75 Å². The summed E-state index contributed by atoms with van der Waals surface area (Å²) in [6.45, 7) is 0.366. The van der Waals surface area contributed by atoms with E-state index in [1.54, 1.807) is 55.6 Å². The number of nitrogens with zero attached hydrogens (tertiary/aromatic N) is 1. The van der Waals surface area contributed by atoms with Crippen molar-refractivity contribution in [1.82, 2.24) is 5.32 Å². The molecule has 3 rings (SSSR count). The van der Waals surface area contributed by atoms with Gasteiger partial charge in [-0.3, -0.25) is 9.59 Å². The lowest BCUT2D eigenvalue weighted by atomic mass is 10.1. The van der Waals surface area contributed by atoms with Crippen LogP contribution in [0.4, 0.5) is 5.69 Å². The molecule has 29 heavy (non-hydrogen) atoms. The number of ether oxygens (including phenoxy) is 1. The largest absolute Gasteiger partial charge is 0.497 e. The first kappa shape index (κ1) is 19.6. The Hall–Kier alpha value is -4.11. The smallest absolute Gasteiger partial charge is 0.255 e. The Labute approximate surface area is 168 Å². The van der Waals surface area contributed by atoms with Crippen LogP contribution < -0.4 is 15.4 Å². The lowest BCUT2D eigenvalue weighted by Gasteiger charge is -2.09. The third-order valence-electron chi connectivity index (χ3n) is 4.27. The van der Waals surface area contributed by atoms with Crippen LogP contribution in [0.1, 0.15) is 31.8 Å². The molecule has 0 heterocycles. The zero-order valence-corrected chi connectivity index (χ0v) is 15.8. The van der Waals surface area contributed by atoms with Gasteiger partial charge in [0.25, 0.3) is 11.8 Å². The van der Waals surface area contributed by atoms with Crippen LogP contribution in [-0.4, -0.2) is 18.9 Å². The number of carbonyl (C=O) groups excluding carboxylic acids is 2. The maximum Gasteiger partial charge on any atom is 0.255 e. The van der Waals surface area contributed by atoms with Crippen LogP contribution in [-0.2, 0) is 6.54 Å². The van der Waals surface area contributed by atoms with Gasteiger partial charge in [0.1, 0.15) is 5.75 Å². The monoisotopic (exact) mass is 385 g/mol. The Morgan fingerprint density at radius 2 is 1.59 bits per heavy atom. The molecule has 0 aromatic heterocycles. The van der Waals surface area contributed by atoms with Gasteiger partial charge in [0, 0.05) is 23.4 Å². The summed E-state index contributed by atoms with van der Waals surface area (Å²) in [7, 11) is 1.60.